The summed E-state index contributed by atoms with van der Waals surface area (Å²) in [5, 5.41) is 0. The highest BCUT2D eigenvalue weighted by molar-refractivity contribution is 5.83. The van der Waals surface area contributed by atoms with E-state index >= 15 is 0 Å². The molecule has 2 rings (SSSR count). The van der Waals surface area contributed by atoms with Gasteiger partial charge in [0.2, 0.25) is 5.91 Å². The Morgan fingerprint density at radius 2 is 2.00 bits per heavy atom. The van der Waals surface area contributed by atoms with Crippen molar-refractivity contribution < 1.29 is 4.79 Å². The molecule has 1 saturated carbocycles. The monoisotopic (exact) mass is 252 g/mol. The maximum atomic E-state index is 12.9. The lowest BCUT2D eigenvalue weighted by molar-refractivity contribution is -0.146. The van der Waals surface area contributed by atoms with Gasteiger partial charge in [0, 0.05) is 19.1 Å². The molecule has 1 aliphatic carbocycles. The van der Waals surface area contributed by atoms with Crippen LogP contribution in [0.3, 0.4) is 0 Å². The van der Waals surface area contributed by atoms with E-state index in [-0.39, 0.29) is 5.41 Å². The van der Waals surface area contributed by atoms with Crippen LogP contribution in [0.4, 0.5) is 0 Å². The molecule has 0 spiro atoms. The van der Waals surface area contributed by atoms with Crippen molar-refractivity contribution in [1.82, 2.24) is 4.90 Å². The van der Waals surface area contributed by atoms with Gasteiger partial charge in [0.1, 0.15) is 0 Å². The van der Waals surface area contributed by atoms with Crippen LogP contribution in [0.2, 0.25) is 0 Å². The molecule has 2 N–H and O–H groups in total. The van der Waals surface area contributed by atoms with E-state index in [4.69, 9.17) is 5.73 Å². The van der Waals surface area contributed by atoms with Gasteiger partial charge in [0.25, 0.3) is 0 Å². The van der Waals surface area contributed by atoms with Gasteiger partial charge >= 0.3 is 0 Å². The number of nitrogens with two attached hydrogens (primary N) is 1. The summed E-state index contributed by atoms with van der Waals surface area (Å²) < 4.78 is 0. The topological polar surface area (TPSA) is 46.3 Å². The normalized spacial score (nSPS) is 31.6. The summed E-state index contributed by atoms with van der Waals surface area (Å²) in [4.78, 5) is 15.0. The van der Waals surface area contributed by atoms with Gasteiger partial charge < -0.3 is 10.6 Å². The SMILES string of the molecule is CCC1CCC(C)N(C(=O)C2(CN)CCCC2)C1. The van der Waals surface area contributed by atoms with E-state index in [2.05, 4.69) is 18.7 Å². The molecule has 2 fully saturated rings. The molecule has 2 atom stereocenters. The Labute approximate surface area is 111 Å². The van der Waals surface area contributed by atoms with Crippen LogP contribution >= 0.6 is 0 Å². The van der Waals surface area contributed by atoms with Gasteiger partial charge in [-0.1, -0.05) is 26.2 Å². The Hall–Kier alpha value is -0.570. The maximum absolute atomic E-state index is 12.9. The van der Waals surface area contributed by atoms with Crippen LogP contribution in [0.15, 0.2) is 0 Å². The highest BCUT2D eigenvalue weighted by Crippen LogP contribution is 2.40. The van der Waals surface area contributed by atoms with Crippen molar-refractivity contribution in [3.63, 3.8) is 0 Å². The molecule has 1 heterocycles. The van der Waals surface area contributed by atoms with Crippen LogP contribution in [-0.2, 0) is 4.79 Å². The molecule has 0 aromatic heterocycles. The van der Waals surface area contributed by atoms with Gasteiger partial charge in [-0.15, -0.1) is 0 Å². The highest BCUT2D eigenvalue weighted by atomic mass is 16.2. The van der Waals surface area contributed by atoms with E-state index in [9.17, 15) is 4.79 Å². The van der Waals surface area contributed by atoms with Crippen molar-refractivity contribution in [3.05, 3.63) is 0 Å². The number of rotatable bonds is 3. The largest absolute Gasteiger partial charge is 0.339 e. The molecule has 0 aromatic carbocycles. The van der Waals surface area contributed by atoms with E-state index in [1.807, 2.05) is 0 Å². The van der Waals surface area contributed by atoms with Crippen molar-refractivity contribution in [3.8, 4) is 0 Å². The fraction of sp³-hybridized carbons (Fsp3) is 0.933. The number of carbonyl (C=O) groups excluding carboxylic acids is 1. The minimum absolute atomic E-state index is 0.218. The second kappa shape index (κ2) is 5.60. The summed E-state index contributed by atoms with van der Waals surface area (Å²) in [6, 6.07) is 0.407. The number of hydrogen-bond acceptors (Lipinski definition) is 2. The predicted molar refractivity (Wildman–Crippen MR) is 74.1 cm³/mol. The number of amides is 1. The lowest BCUT2D eigenvalue weighted by atomic mass is 9.82. The van der Waals surface area contributed by atoms with Crippen LogP contribution in [0.1, 0.15) is 58.8 Å². The third-order valence-electron chi connectivity index (χ3n) is 5.22. The fourth-order valence-corrected chi connectivity index (χ4v) is 3.66. The highest BCUT2D eigenvalue weighted by Gasteiger charge is 2.44. The molecular formula is C15H28N2O. The average Bonchev–Trinajstić information content (AvgIpc) is 2.88. The van der Waals surface area contributed by atoms with E-state index in [1.165, 1.54) is 25.7 Å². The van der Waals surface area contributed by atoms with Crippen molar-refractivity contribution in [2.75, 3.05) is 13.1 Å². The second-order valence-corrected chi connectivity index (χ2v) is 6.35. The lowest BCUT2D eigenvalue weighted by Crippen LogP contribution is -2.53. The maximum Gasteiger partial charge on any atom is 0.230 e. The molecule has 0 aromatic rings. The molecule has 18 heavy (non-hydrogen) atoms. The standard InChI is InChI=1S/C15H28N2O/c1-3-13-7-6-12(2)17(10-13)14(18)15(11-16)8-4-5-9-15/h12-13H,3-11,16H2,1-2H3. The van der Waals surface area contributed by atoms with E-state index in [0.29, 0.717) is 24.4 Å². The van der Waals surface area contributed by atoms with Crippen molar-refractivity contribution in [1.29, 1.82) is 0 Å². The lowest BCUT2D eigenvalue weighted by Gasteiger charge is -2.42. The van der Waals surface area contributed by atoms with Crippen LogP contribution in [0, 0.1) is 11.3 Å². The minimum atomic E-state index is -0.218. The third-order valence-corrected chi connectivity index (χ3v) is 5.22. The Bertz CT molecular complexity index is 297. The zero-order valence-corrected chi connectivity index (χ0v) is 12.0. The van der Waals surface area contributed by atoms with Crippen molar-refractivity contribution in [2.24, 2.45) is 17.1 Å². The Morgan fingerprint density at radius 1 is 1.33 bits per heavy atom. The molecule has 104 valence electrons. The molecule has 2 aliphatic rings. The Kier molecular flexibility index (Phi) is 4.31. The van der Waals surface area contributed by atoms with E-state index in [1.54, 1.807) is 0 Å². The number of likely N-dealkylation sites (tertiary alicyclic amines) is 1. The second-order valence-electron chi connectivity index (χ2n) is 6.35. The number of piperidine rings is 1. The first kappa shape index (κ1) is 13.9. The first-order chi connectivity index (χ1) is 8.63. The molecular weight excluding hydrogens is 224 g/mol. The van der Waals surface area contributed by atoms with Gasteiger partial charge in [-0.2, -0.15) is 0 Å². The quantitative estimate of drug-likeness (QED) is 0.839. The summed E-state index contributed by atoms with van der Waals surface area (Å²) in [5.41, 5.74) is 5.72. The smallest absolute Gasteiger partial charge is 0.230 e. The predicted octanol–water partition coefficient (Wildman–Crippen LogP) is 2.54. The van der Waals surface area contributed by atoms with Gasteiger partial charge in [0.05, 0.1) is 5.41 Å². The molecule has 2 unspecified atom stereocenters. The van der Waals surface area contributed by atoms with Crippen LogP contribution < -0.4 is 5.73 Å². The molecule has 3 nitrogen and oxygen atoms in total. The van der Waals surface area contributed by atoms with Gasteiger partial charge in [-0.05, 0) is 38.5 Å². The molecule has 3 heteroatoms. The summed E-state index contributed by atoms with van der Waals surface area (Å²) in [5.74, 6) is 1.05. The first-order valence-corrected chi connectivity index (χ1v) is 7.64. The summed E-state index contributed by atoms with van der Waals surface area (Å²) in [7, 11) is 0. The Morgan fingerprint density at radius 3 is 2.56 bits per heavy atom. The van der Waals surface area contributed by atoms with Crippen LogP contribution in [0.25, 0.3) is 0 Å². The minimum Gasteiger partial charge on any atom is -0.339 e. The Balaban J connectivity index is 2.10. The van der Waals surface area contributed by atoms with Gasteiger partial charge in [0.15, 0.2) is 0 Å². The molecule has 0 bridgehead atoms. The number of hydrogen-bond donors (Lipinski definition) is 1. The summed E-state index contributed by atoms with van der Waals surface area (Å²) in [6.07, 6.45) is 7.96. The first-order valence-electron chi connectivity index (χ1n) is 7.64. The van der Waals surface area contributed by atoms with Crippen molar-refractivity contribution >= 4 is 5.91 Å². The van der Waals surface area contributed by atoms with Crippen molar-refractivity contribution in [2.45, 2.75) is 64.8 Å². The molecule has 0 radical (unpaired) electrons. The third kappa shape index (κ3) is 2.42. The summed E-state index contributed by atoms with van der Waals surface area (Å²) in [6.45, 7) is 5.92. The number of carbonyl (C=O) groups is 1. The molecule has 1 saturated heterocycles. The van der Waals surface area contributed by atoms with E-state index in [0.717, 1.165) is 25.8 Å². The van der Waals surface area contributed by atoms with Crippen LogP contribution in [-0.4, -0.2) is 29.9 Å². The number of nitrogens with zero attached hydrogens (tertiary/aromatic N) is 1. The molecule has 1 aliphatic heterocycles. The zero-order valence-electron chi connectivity index (χ0n) is 12.0. The zero-order chi connectivity index (χ0) is 13.2. The fourth-order valence-electron chi connectivity index (χ4n) is 3.66. The van der Waals surface area contributed by atoms with Gasteiger partial charge in [-0.25, -0.2) is 0 Å². The van der Waals surface area contributed by atoms with Gasteiger partial charge in [-0.3, -0.25) is 4.79 Å². The van der Waals surface area contributed by atoms with Crippen LogP contribution in [0.5, 0.6) is 0 Å². The summed E-state index contributed by atoms with van der Waals surface area (Å²) >= 11 is 0. The van der Waals surface area contributed by atoms with E-state index < -0.39 is 0 Å². The molecule has 1 amide bonds. The average molecular weight is 252 g/mol.